The number of nitrogens with one attached hydrogen (secondary N) is 2. The Hall–Kier alpha value is -3.10. The lowest BCUT2D eigenvalue weighted by atomic mass is 10.2. The highest BCUT2D eigenvalue weighted by Gasteiger charge is 2.19. The first-order chi connectivity index (χ1) is 13.7. The van der Waals surface area contributed by atoms with Gasteiger partial charge in [-0.25, -0.2) is 0 Å². The number of amides is 2. The predicted octanol–water partition coefficient (Wildman–Crippen LogP) is 4.49. The summed E-state index contributed by atoms with van der Waals surface area (Å²) >= 11 is 2.88. The average molecular weight is 412 g/mol. The van der Waals surface area contributed by atoms with Crippen molar-refractivity contribution in [2.24, 2.45) is 0 Å². The fourth-order valence-electron chi connectivity index (χ4n) is 2.61. The summed E-state index contributed by atoms with van der Waals surface area (Å²) < 4.78 is 11.2. The van der Waals surface area contributed by atoms with Crippen molar-refractivity contribution in [3.8, 4) is 11.5 Å². The summed E-state index contributed by atoms with van der Waals surface area (Å²) in [5.74, 6) is 0.491. The van der Waals surface area contributed by atoms with Crippen LogP contribution in [0.3, 0.4) is 0 Å². The van der Waals surface area contributed by atoms with Gasteiger partial charge in [-0.1, -0.05) is 12.1 Å². The summed E-state index contributed by atoms with van der Waals surface area (Å²) in [6.07, 6.45) is 3.19. The molecule has 1 aliphatic heterocycles. The Kier molecular flexibility index (Phi) is 5.41. The molecule has 0 aliphatic carbocycles. The van der Waals surface area contributed by atoms with Crippen molar-refractivity contribution in [3.05, 3.63) is 63.0 Å². The molecule has 0 bridgehead atoms. The highest BCUT2D eigenvalue weighted by molar-refractivity contribution is 7.12. The molecule has 1 aromatic carbocycles. The topological polar surface area (TPSA) is 76.7 Å². The molecule has 28 heavy (non-hydrogen) atoms. The molecule has 1 aliphatic rings. The first-order valence-corrected chi connectivity index (χ1v) is 10.3. The molecule has 142 valence electrons. The van der Waals surface area contributed by atoms with E-state index in [1.807, 2.05) is 22.9 Å². The average Bonchev–Trinajstić information content (AvgIpc) is 3.41. The zero-order valence-electron chi connectivity index (χ0n) is 14.6. The number of carbonyl (C=O) groups is 2. The third-order valence-corrected chi connectivity index (χ3v) is 5.58. The summed E-state index contributed by atoms with van der Waals surface area (Å²) in [4.78, 5) is 26.4. The normalized spacial score (nSPS) is 12.7. The summed E-state index contributed by atoms with van der Waals surface area (Å²) in [7, 11) is 0. The van der Waals surface area contributed by atoms with Gasteiger partial charge in [-0.3, -0.25) is 9.59 Å². The van der Waals surface area contributed by atoms with Crippen LogP contribution in [0.15, 0.2) is 53.2 Å². The molecule has 3 aromatic rings. The number of rotatable bonds is 5. The predicted molar refractivity (Wildman–Crippen MR) is 112 cm³/mol. The van der Waals surface area contributed by atoms with Crippen molar-refractivity contribution in [2.45, 2.75) is 0 Å². The van der Waals surface area contributed by atoms with Crippen molar-refractivity contribution in [1.29, 1.82) is 0 Å². The lowest BCUT2D eigenvalue weighted by molar-refractivity contribution is -0.111. The molecule has 2 amide bonds. The summed E-state index contributed by atoms with van der Waals surface area (Å²) in [5.41, 5.74) is 0.885. The van der Waals surface area contributed by atoms with Crippen molar-refractivity contribution in [2.75, 3.05) is 23.8 Å². The van der Waals surface area contributed by atoms with Crippen LogP contribution in [0.5, 0.6) is 11.5 Å². The van der Waals surface area contributed by atoms with Crippen molar-refractivity contribution < 1.29 is 19.1 Å². The molecule has 3 heterocycles. The Morgan fingerprint density at radius 3 is 2.25 bits per heavy atom. The Morgan fingerprint density at radius 1 is 0.929 bits per heavy atom. The van der Waals surface area contributed by atoms with Gasteiger partial charge >= 0.3 is 0 Å². The van der Waals surface area contributed by atoms with Gasteiger partial charge in [-0.05, 0) is 29.0 Å². The Bertz CT molecular complexity index is 1010. The highest BCUT2D eigenvalue weighted by Crippen LogP contribution is 2.38. The van der Waals surface area contributed by atoms with E-state index < -0.39 is 0 Å². The third-order valence-electron chi connectivity index (χ3n) is 3.88. The second kappa shape index (κ2) is 8.28. The zero-order valence-corrected chi connectivity index (χ0v) is 16.3. The van der Waals surface area contributed by atoms with E-state index in [-0.39, 0.29) is 11.8 Å². The fraction of sp³-hybridized carbons (Fsp3) is 0.100. The van der Waals surface area contributed by atoms with Crippen LogP contribution in [-0.4, -0.2) is 25.0 Å². The molecule has 6 nitrogen and oxygen atoms in total. The van der Waals surface area contributed by atoms with Gasteiger partial charge in [0.15, 0.2) is 11.5 Å². The van der Waals surface area contributed by atoms with Crippen LogP contribution >= 0.6 is 22.7 Å². The van der Waals surface area contributed by atoms with E-state index >= 15 is 0 Å². The van der Waals surface area contributed by atoms with E-state index in [0.717, 1.165) is 4.88 Å². The Labute approximate surface area is 169 Å². The van der Waals surface area contributed by atoms with Crippen LogP contribution in [0.25, 0.3) is 6.08 Å². The molecule has 2 N–H and O–H groups in total. The molecule has 0 radical (unpaired) electrons. The van der Waals surface area contributed by atoms with Crippen LogP contribution in [0.2, 0.25) is 0 Å². The molecule has 0 saturated heterocycles. The second-order valence-electron chi connectivity index (χ2n) is 5.81. The smallest absolute Gasteiger partial charge is 0.265 e. The van der Waals surface area contributed by atoms with Crippen LogP contribution in [0, 0.1) is 0 Å². The molecular formula is C20H16N2O4S2. The van der Waals surface area contributed by atoms with Gasteiger partial charge < -0.3 is 20.1 Å². The molecule has 0 saturated carbocycles. The molecule has 8 heteroatoms. The van der Waals surface area contributed by atoms with E-state index in [1.165, 1.54) is 17.4 Å². The maximum Gasteiger partial charge on any atom is 0.265 e. The van der Waals surface area contributed by atoms with E-state index in [4.69, 9.17) is 9.47 Å². The Morgan fingerprint density at radius 2 is 1.61 bits per heavy atom. The van der Waals surface area contributed by atoms with Gasteiger partial charge in [0.1, 0.15) is 13.2 Å². The highest BCUT2D eigenvalue weighted by atomic mass is 32.1. The van der Waals surface area contributed by atoms with Gasteiger partial charge in [0.25, 0.3) is 5.91 Å². The van der Waals surface area contributed by atoms with Gasteiger partial charge in [-0.15, -0.1) is 22.7 Å². The first kappa shape index (κ1) is 18.3. The summed E-state index contributed by atoms with van der Waals surface area (Å²) in [5, 5.41) is 9.41. The number of hydrogen-bond acceptors (Lipinski definition) is 6. The van der Waals surface area contributed by atoms with Crippen molar-refractivity contribution in [3.63, 3.8) is 0 Å². The lowest BCUT2D eigenvalue weighted by Gasteiger charge is -2.21. The summed E-state index contributed by atoms with van der Waals surface area (Å²) in [6.45, 7) is 0.861. The number of ether oxygens (including phenoxy) is 2. The van der Waals surface area contributed by atoms with Gasteiger partial charge in [-0.2, -0.15) is 0 Å². The minimum absolute atomic E-state index is 0.253. The van der Waals surface area contributed by atoms with Gasteiger partial charge in [0.2, 0.25) is 5.91 Å². The van der Waals surface area contributed by atoms with E-state index in [1.54, 1.807) is 41.7 Å². The van der Waals surface area contributed by atoms with Crippen LogP contribution in [0.1, 0.15) is 14.5 Å². The minimum Gasteiger partial charge on any atom is -0.486 e. The largest absolute Gasteiger partial charge is 0.486 e. The van der Waals surface area contributed by atoms with Crippen LogP contribution in [-0.2, 0) is 4.79 Å². The van der Waals surface area contributed by atoms with Crippen molar-refractivity contribution >= 4 is 51.9 Å². The second-order valence-corrected chi connectivity index (χ2v) is 7.74. The molecule has 0 atom stereocenters. The molecule has 0 spiro atoms. The number of carbonyl (C=O) groups excluding carboxylic acids is 2. The molecule has 4 rings (SSSR count). The van der Waals surface area contributed by atoms with E-state index in [2.05, 4.69) is 10.6 Å². The van der Waals surface area contributed by atoms with E-state index in [0.29, 0.717) is 41.0 Å². The van der Waals surface area contributed by atoms with Crippen LogP contribution < -0.4 is 20.1 Å². The SMILES string of the molecule is O=C(/C=C\c1cccs1)Nc1cc2c(cc1NC(=O)c1cccs1)OCCO2. The van der Waals surface area contributed by atoms with Gasteiger partial charge in [0, 0.05) is 23.1 Å². The molecule has 2 aromatic heterocycles. The maximum atomic E-state index is 12.5. The standard InChI is InChI=1S/C20H16N2O4S2/c23-19(6-5-13-3-1-9-27-13)21-14-11-16-17(26-8-7-25-16)12-15(14)22-20(24)18-4-2-10-28-18/h1-6,9-12H,7-8H2,(H,21,23)(H,22,24)/b6-5-. The van der Waals surface area contributed by atoms with Crippen LogP contribution in [0.4, 0.5) is 11.4 Å². The van der Waals surface area contributed by atoms with Gasteiger partial charge in [0.05, 0.1) is 16.3 Å². The zero-order chi connectivity index (χ0) is 19.3. The maximum absolute atomic E-state index is 12.5. The first-order valence-electron chi connectivity index (χ1n) is 8.50. The minimum atomic E-state index is -0.309. The molecule has 0 unspecified atom stereocenters. The molecule has 0 fully saturated rings. The third kappa shape index (κ3) is 4.24. The number of benzene rings is 1. The molecular weight excluding hydrogens is 396 g/mol. The summed E-state index contributed by atoms with van der Waals surface area (Å²) in [6, 6.07) is 10.7. The van der Waals surface area contributed by atoms with Crippen molar-refractivity contribution in [1.82, 2.24) is 0 Å². The quantitative estimate of drug-likeness (QED) is 0.606. The fourth-order valence-corrected chi connectivity index (χ4v) is 3.84. The number of fused-ring (bicyclic) bond motifs is 1. The van der Waals surface area contributed by atoms with E-state index in [9.17, 15) is 9.59 Å². The number of thiophene rings is 2. The number of hydrogen-bond donors (Lipinski definition) is 2. The number of anilines is 2. The lowest BCUT2D eigenvalue weighted by Crippen LogP contribution is -2.18. The Balaban J connectivity index is 1.58. The monoisotopic (exact) mass is 412 g/mol.